The SMILES string of the molecule is Cc1ccc(CCC(=O)N2CCCC[C@@H]2C(=O)O)c(C)c1. The maximum Gasteiger partial charge on any atom is 0.326 e. The molecule has 0 bridgehead atoms. The van der Waals surface area contributed by atoms with Crippen LogP contribution in [-0.4, -0.2) is 34.5 Å². The van der Waals surface area contributed by atoms with Crippen LogP contribution in [0.2, 0.25) is 0 Å². The number of piperidine rings is 1. The van der Waals surface area contributed by atoms with E-state index in [0.29, 0.717) is 25.8 Å². The first-order valence-corrected chi connectivity index (χ1v) is 7.57. The Kier molecular flexibility index (Phi) is 4.99. The molecule has 1 amide bonds. The Labute approximate surface area is 125 Å². The van der Waals surface area contributed by atoms with Crippen LogP contribution in [0.3, 0.4) is 0 Å². The molecule has 4 heteroatoms. The van der Waals surface area contributed by atoms with Crippen molar-refractivity contribution in [3.8, 4) is 0 Å². The highest BCUT2D eigenvalue weighted by Gasteiger charge is 2.31. The Morgan fingerprint density at radius 1 is 1.29 bits per heavy atom. The first-order chi connectivity index (χ1) is 9.99. The molecule has 21 heavy (non-hydrogen) atoms. The number of hydrogen-bond acceptors (Lipinski definition) is 2. The van der Waals surface area contributed by atoms with Gasteiger partial charge in [0.25, 0.3) is 0 Å². The zero-order chi connectivity index (χ0) is 15.4. The van der Waals surface area contributed by atoms with E-state index in [1.54, 1.807) is 4.90 Å². The van der Waals surface area contributed by atoms with Crippen LogP contribution in [0.1, 0.15) is 42.4 Å². The minimum atomic E-state index is -0.880. The van der Waals surface area contributed by atoms with Gasteiger partial charge in [-0.3, -0.25) is 4.79 Å². The first-order valence-electron chi connectivity index (χ1n) is 7.57. The van der Waals surface area contributed by atoms with Crippen molar-refractivity contribution in [2.24, 2.45) is 0 Å². The molecule has 114 valence electrons. The van der Waals surface area contributed by atoms with Gasteiger partial charge in [0.05, 0.1) is 0 Å². The molecule has 1 aromatic carbocycles. The normalized spacial score (nSPS) is 18.6. The van der Waals surface area contributed by atoms with Gasteiger partial charge in [0.15, 0.2) is 0 Å². The molecule has 2 rings (SSSR count). The van der Waals surface area contributed by atoms with Gasteiger partial charge in [-0.15, -0.1) is 0 Å². The highest BCUT2D eigenvalue weighted by molar-refractivity contribution is 5.84. The summed E-state index contributed by atoms with van der Waals surface area (Å²) in [7, 11) is 0. The third-order valence-electron chi connectivity index (χ3n) is 4.21. The van der Waals surface area contributed by atoms with E-state index >= 15 is 0 Å². The molecule has 0 aliphatic carbocycles. The van der Waals surface area contributed by atoms with Gasteiger partial charge in [0.2, 0.25) is 5.91 Å². The van der Waals surface area contributed by atoms with Crippen molar-refractivity contribution in [1.29, 1.82) is 0 Å². The van der Waals surface area contributed by atoms with E-state index in [-0.39, 0.29) is 5.91 Å². The van der Waals surface area contributed by atoms with Crippen LogP contribution in [-0.2, 0) is 16.0 Å². The number of likely N-dealkylation sites (tertiary alicyclic amines) is 1. The molecule has 0 radical (unpaired) electrons. The van der Waals surface area contributed by atoms with Gasteiger partial charge in [-0.2, -0.15) is 0 Å². The molecule has 1 saturated heterocycles. The second-order valence-electron chi connectivity index (χ2n) is 5.87. The van der Waals surface area contributed by atoms with Gasteiger partial charge in [-0.25, -0.2) is 4.79 Å². The van der Waals surface area contributed by atoms with E-state index in [1.165, 1.54) is 11.1 Å². The lowest BCUT2D eigenvalue weighted by atomic mass is 9.99. The van der Waals surface area contributed by atoms with E-state index in [1.807, 2.05) is 19.9 Å². The predicted octanol–water partition coefficient (Wildman–Crippen LogP) is 2.70. The molecular formula is C17H23NO3. The van der Waals surface area contributed by atoms with Crippen LogP contribution in [0.15, 0.2) is 18.2 Å². The Morgan fingerprint density at radius 3 is 2.71 bits per heavy atom. The number of amides is 1. The lowest BCUT2D eigenvalue weighted by molar-refractivity contribution is -0.152. The van der Waals surface area contributed by atoms with Crippen LogP contribution < -0.4 is 0 Å². The van der Waals surface area contributed by atoms with Crippen LogP contribution in [0.4, 0.5) is 0 Å². The Balaban J connectivity index is 1.98. The van der Waals surface area contributed by atoms with Crippen molar-refractivity contribution in [2.45, 2.75) is 52.0 Å². The van der Waals surface area contributed by atoms with Crippen LogP contribution in [0.5, 0.6) is 0 Å². The average molecular weight is 289 g/mol. The Bertz CT molecular complexity index is 539. The molecule has 4 nitrogen and oxygen atoms in total. The van der Waals surface area contributed by atoms with Gasteiger partial charge < -0.3 is 10.0 Å². The second-order valence-corrected chi connectivity index (χ2v) is 5.87. The fourth-order valence-corrected chi connectivity index (χ4v) is 3.00. The van der Waals surface area contributed by atoms with Crippen molar-refractivity contribution in [3.63, 3.8) is 0 Å². The molecule has 1 atom stereocenters. The molecule has 0 aromatic heterocycles. The third-order valence-corrected chi connectivity index (χ3v) is 4.21. The monoisotopic (exact) mass is 289 g/mol. The summed E-state index contributed by atoms with van der Waals surface area (Å²) in [4.78, 5) is 25.1. The van der Waals surface area contributed by atoms with Crippen LogP contribution >= 0.6 is 0 Å². The number of carboxylic acid groups (broad SMARTS) is 1. The van der Waals surface area contributed by atoms with Crippen molar-refractivity contribution >= 4 is 11.9 Å². The summed E-state index contributed by atoms with van der Waals surface area (Å²) < 4.78 is 0. The lowest BCUT2D eigenvalue weighted by Gasteiger charge is -2.33. The summed E-state index contributed by atoms with van der Waals surface area (Å²) in [5.41, 5.74) is 3.57. The highest BCUT2D eigenvalue weighted by atomic mass is 16.4. The van der Waals surface area contributed by atoms with Gasteiger partial charge in [0.1, 0.15) is 6.04 Å². The van der Waals surface area contributed by atoms with Gasteiger partial charge in [0, 0.05) is 13.0 Å². The van der Waals surface area contributed by atoms with E-state index in [2.05, 4.69) is 12.1 Å². The molecule has 1 heterocycles. The quantitative estimate of drug-likeness (QED) is 0.927. The largest absolute Gasteiger partial charge is 0.480 e. The van der Waals surface area contributed by atoms with Gasteiger partial charge in [-0.05, 0) is 50.7 Å². The first kappa shape index (κ1) is 15.5. The molecule has 1 N–H and O–H groups in total. The van der Waals surface area contributed by atoms with E-state index in [9.17, 15) is 14.7 Å². The Hall–Kier alpha value is -1.84. The van der Waals surface area contributed by atoms with Crippen LogP contribution in [0, 0.1) is 13.8 Å². The summed E-state index contributed by atoms with van der Waals surface area (Å²) >= 11 is 0. The fraction of sp³-hybridized carbons (Fsp3) is 0.529. The predicted molar refractivity (Wildman–Crippen MR) is 81.2 cm³/mol. The summed E-state index contributed by atoms with van der Waals surface area (Å²) in [6.07, 6.45) is 3.42. The summed E-state index contributed by atoms with van der Waals surface area (Å²) in [5, 5.41) is 9.22. The number of aliphatic carboxylic acids is 1. The maximum absolute atomic E-state index is 12.3. The molecule has 0 unspecified atom stereocenters. The zero-order valence-electron chi connectivity index (χ0n) is 12.8. The van der Waals surface area contributed by atoms with Crippen molar-refractivity contribution < 1.29 is 14.7 Å². The zero-order valence-corrected chi connectivity index (χ0v) is 12.8. The molecule has 0 saturated carbocycles. The summed E-state index contributed by atoms with van der Waals surface area (Å²) in [6, 6.07) is 5.59. The van der Waals surface area contributed by atoms with Crippen molar-refractivity contribution in [3.05, 3.63) is 34.9 Å². The van der Waals surface area contributed by atoms with E-state index < -0.39 is 12.0 Å². The van der Waals surface area contributed by atoms with E-state index in [4.69, 9.17) is 0 Å². The van der Waals surface area contributed by atoms with E-state index in [0.717, 1.165) is 18.4 Å². The van der Waals surface area contributed by atoms with Crippen LogP contribution in [0.25, 0.3) is 0 Å². The number of nitrogens with zero attached hydrogens (tertiary/aromatic N) is 1. The molecule has 1 aliphatic rings. The molecule has 1 aromatic rings. The molecule has 1 fully saturated rings. The average Bonchev–Trinajstić information content (AvgIpc) is 2.46. The number of aryl methyl sites for hydroxylation is 3. The third kappa shape index (κ3) is 3.84. The number of rotatable bonds is 4. The summed E-state index contributed by atoms with van der Waals surface area (Å²) in [5.74, 6) is -0.920. The minimum Gasteiger partial charge on any atom is -0.480 e. The number of hydrogen-bond donors (Lipinski definition) is 1. The maximum atomic E-state index is 12.3. The number of carbonyl (C=O) groups is 2. The minimum absolute atomic E-state index is 0.0397. The Morgan fingerprint density at radius 2 is 2.05 bits per heavy atom. The van der Waals surface area contributed by atoms with Crippen molar-refractivity contribution in [2.75, 3.05) is 6.54 Å². The highest BCUT2D eigenvalue weighted by Crippen LogP contribution is 2.19. The number of carboxylic acids is 1. The molecular weight excluding hydrogens is 266 g/mol. The topological polar surface area (TPSA) is 57.6 Å². The second kappa shape index (κ2) is 6.74. The lowest BCUT2D eigenvalue weighted by Crippen LogP contribution is -2.48. The number of benzene rings is 1. The van der Waals surface area contributed by atoms with Crippen molar-refractivity contribution in [1.82, 2.24) is 4.90 Å². The van der Waals surface area contributed by atoms with Gasteiger partial charge >= 0.3 is 5.97 Å². The van der Waals surface area contributed by atoms with Gasteiger partial charge in [-0.1, -0.05) is 23.8 Å². The smallest absolute Gasteiger partial charge is 0.326 e. The summed E-state index contributed by atoms with van der Waals surface area (Å²) in [6.45, 7) is 4.67. The standard InChI is InChI=1S/C17H23NO3/c1-12-6-7-14(13(2)11-12)8-9-16(19)18-10-4-3-5-15(18)17(20)21/h6-7,11,15H,3-5,8-10H2,1-2H3,(H,20,21)/t15-/m1/s1. The molecule has 1 aliphatic heterocycles. The number of carbonyl (C=O) groups excluding carboxylic acids is 1. The molecule has 0 spiro atoms. The fourth-order valence-electron chi connectivity index (χ4n) is 3.00.